The van der Waals surface area contributed by atoms with Crippen molar-refractivity contribution < 1.29 is 19.2 Å². The van der Waals surface area contributed by atoms with Crippen LogP contribution >= 0.6 is 0 Å². The molecule has 5 nitrogen and oxygen atoms in total. The van der Waals surface area contributed by atoms with E-state index in [4.69, 9.17) is 9.57 Å². The van der Waals surface area contributed by atoms with Crippen molar-refractivity contribution in [2.45, 2.75) is 61.3 Å². The van der Waals surface area contributed by atoms with Crippen LogP contribution in [-0.2, 0) is 19.2 Å². The number of allylic oxidation sites excluding steroid dienone is 2. The fourth-order valence-electron chi connectivity index (χ4n) is 3.67. The van der Waals surface area contributed by atoms with Gasteiger partial charge < -0.3 is 9.57 Å². The molecule has 152 valence electrons. The first kappa shape index (κ1) is 21.9. The summed E-state index contributed by atoms with van der Waals surface area (Å²) in [7, 11) is 1.49. The van der Waals surface area contributed by atoms with Crippen molar-refractivity contribution in [1.82, 2.24) is 0 Å². The van der Waals surface area contributed by atoms with E-state index in [2.05, 4.69) is 17.3 Å². The quantitative estimate of drug-likeness (QED) is 0.410. The Morgan fingerprint density at radius 3 is 2.25 bits per heavy atom. The second kappa shape index (κ2) is 8.29. The average Bonchev–Trinajstić information content (AvgIpc) is 2.82. The van der Waals surface area contributed by atoms with E-state index in [-0.39, 0.29) is 17.7 Å². The molecule has 0 heterocycles. The monoisotopic (exact) mass is 385 g/mol. The maximum atomic E-state index is 13.3. The van der Waals surface area contributed by atoms with Gasteiger partial charge in [-0.2, -0.15) is 0 Å². The first-order chi connectivity index (χ1) is 13.0. The zero-order valence-electron chi connectivity index (χ0n) is 18.2. The highest BCUT2D eigenvalue weighted by Crippen LogP contribution is 2.40. The second-order valence-corrected chi connectivity index (χ2v) is 8.69. The fourth-order valence-corrected chi connectivity index (χ4v) is 3.67. The normalized spacial score (nSPS) is 17.9. The van der Waals surface area contributed by atoms with E-state index in [1.54, 1.807) is 0 Å². The van der Waals surface area contributed by atoms with Crippen molar-refractivity contribution in [1.29, 1.82) is 0 Å². The number of carbonyl (C=O) groups is 2. The number of rotatable bonds is 5. The summed E-state index contributed by atoms with van der Waals surface area (Å²) in [6.07, 6.45) is 0.857. The maximum Gasteiger partial charge on any atom is 0.316 e. The first-order valence-corrected chi connectivity index (χ1v) is 9.60. The lowest BCUT2D eigenvalue weighted by Gasteiger charge is -2.18. The van der Waals surface area contributed by atoms with Gasteiger partial charge in [0.25, 0.3) is 0 Å². The van der Waals surface area contributed by atoms with E-state index in [1.165, 1.54) is 7.11 Å². The predicted molar refractivity (Wildman–Crippen MR) is 111 cm³/mol. The third-order valence-electron chi connectivity index (χ3n) is 4.87. The number of hydrogen-bond acceptors (Lipinski definition) is 5. The molecule has 0 N–H and O–H groups in total. The molecule has 1 atom stereocenters. The Kier molecular flexibility index (Phi) is 6.48. The van der Waals surface area contributed by atoms with Crippen LogP contribution in [0.4, 0.5) is 0 Å². The Morgan fingerprint density at radius 2 is 1.75 bits per heavy atom. The zero-order chi connectivity index (χ0) is 21.2. The lowest BCUT2D eigenvalue weighted by molar-refractivity contribution is -0.148. The van der Waals surface area contributed by atoms with Gasteiger partial charge in [0, 0.05) is 12.3 Å². The summed E-state index contributed by atoms with van der Waals surface area (Å²) < 4.78 is 5.77. The van der Waals surface area contributed by atoms with Gasteiger partial charge in [-0.25, -0.2) is 0 Å². The molecule has 0 aromatic heterocycles. The van der Waals surface area contributed by atoms with Gasteiger partial charge in [-0.05, 0) is 71.6 Å². The van der Waals surface area contributed by atoms with Gasteiger partial charge in [0.1, 0.15) is 12.9 Å². The third kappa shape index (κ3) is 4.70. The van der Waals surface area contributed by atoms with Gasteiger partial charge in [-0.15, -0.1) is 0 Å². The van der Waals surface area contributed by atoms with Gasteiger partial charge in [0.2, 0.25) is 0 Å². The van der Waals surface area contributed by atoms with E-state index < -0.39 is 5.41 Å². The van der Waals surface area contributed by atoms with Crippen LogP contribution < -0.4 is 0 Å². The van der Waals surface area contributed by atoms with Crippen LogP contribution in [0, 0.1) is 32.1 Å². The molecule has 0 amide bonds. The molecule has 0 saturated heterocycles. The molecule has 0 saturated carbocycles. The highest BCUT2D eigenvalue weighted by Gasteiger charge is 2.39. The summed E-state index contributed by atoms with van der Waals surface area (Å²) in [6, 6.07) is 4.10. The molecular weight excluding hydrogens is 354 g/mol. The van der Waals surface area contributed by atoms with E-state index >= 15 is 0 Å². The number of esters is 1. The molecule has 0 radical (unpaired) electrons. The van der Waals surface area contributed by atoms with E-state index in [0.29, 0.717) is 24.2 Å². The second-order valence-electron chi connectivity index (χ2n) is 8.69. The Hall–Kier alpha value is -2.43. The number of oxime groups is 1. The number of aryl methyl sites for hydroxylation is 3. The summed E-state index contributed by atoms with van der Waals surface area (Å²) in [5.74, 6) is -0.178. The predicted octanol–water partition coefficient (Wildman–Crippen LogP) is 4.91. The molecule has 0 fully saturated rings. The highest BCUT2D eigenvalue weighted by atomic mass is 16.6. The average molecular weight is 386 g/mol. The topological polar surface area (TPSA) is 65.0 Å². The van der Waals surface area contributed by atoms with E-state index in [1.807, 2.05) is 48.5 Å². The fraction of sp³-hybridized carbons (Fsp3) is 0.522. The molecule has 1 unspecified atom stereocenters. The lowest BCUT2D eigenvalue weighted by Crippen LogP contribution is -2.22. The first-order valence-electron chi connectivity index (χ1n) is 9.60. The van der Waals surface area contributed by atoms with Gasteiger partial charge >= 0.3 is 5.97 Å². The van der Waals surface area contributed by atoms with Crippen molar-refractivity contribution in [3.63, 3.8) is 0 Å². The van der Waals surface area contributed by atoms with Crippen molar-refractivity contribution in [3.05, 3.63) is 40.1 Å². The molecular formula is C23H31NO4. The van der Waals surface area contributed by atoms with Gasteiger partial charge in [0.15, 0.2) is 5.78 Å². The number of nitrogens with zero attached hydrogens (tertiary/aromatic N) is 1. The Morgan fingerprint density at radius 1 is 1.18 bits per heavy atom. The molecule has 28 heavy (non-hydrogen) atoms. The smallest absolute Gasteiger partial charge is 0.316 e. The number of benzene rings is 1. The van der Waals surface area contributed by atoms with Crippen LogP contribution in [-0.4, -0.2) is 24.6 Å². The third-order valence-corrected chi connectivity index (χ3v) is 4.87. The van der Waals surface area contributed by atoms with Crippen molar-refractivity contribution in [2.75, 3.05) is 7.11 Å². The van der Waals surface area contributed by atoms with Crippen LogP contribution in [0.5, 0.6) is 0 Å². The molecule has 1 aliphatic carbocycles. The van der Waals surface area contributed by atoms with Crippen LogP contribution in [0.15, 0.2) is 23.0 Å². The number of hydrogen-bond donors (Lipinski definition) is 0. The van der Waals surface area contributed by atoms with Crippen molar-refractivity contribution in [2.24, 2.45) is 16.5 Å². The summed E-state index contributed by atoms with van der Waals surface area (Å²) in [4.78, 5) is 30.7. The van der Waals surface area contributed by atoms with Gasteiger partial charge in [-0.3, -0.25) is 9.59 Å². The van der Waals surface area contributed by atoms with Gasteiger partial charge in [0.05, 0.1) is 16.7 Å². The van der Waals surface area contributed by atoms with Crippen LogP contribution in [0.2, 0.25) is 0 Å². The SMILES string of the molecule is CON=C(C)CC1CC(OC(=O)C(C)(C)C)=C(c2c(C)cc(C)cc2C)C1=O. The van der Waals surface area contributed by atoms with Crippen LogP contribution in [0.1, 0.15) is 62.8 Å². The Bertz CT molecular complexity index is 833. The minimum absolute atomic E-state index is 0.00239. The van der Waals surface area contributed by atoms with Crippen LogP contribution in [0.3, 0.4) is 0 Å². The molecule has 0 spiro atoms. The van der Waals surface area contributed by atoms with Gasteiger partial charge in [-0.1, -0.05) is 22.9 Å². The molecule has 0 bridgehead atoms. The summed E-state index contributed by atoms with van der Waals surface area (Å²) in [5.41, 5.74) is 4.64. The lowest BCUT2D eigenvalue weighted by atomic mass is 9.90. The number of Topliss-reactive ketones (excluding diaryl/α,β-unsaturated/α-hetero) is 1. The maximum absolute atomic E-state index is 13.3. The number of carbonyl (C=O) groups excluding carboxylic acids is 2. The Balaban J connectivity index is 2.53. The summed E-state index contributed by atoms with van der Waals surface area (Å²) in [6.45, 7) is 13.3. The molecule has 0 aliphatic heterocycles. The molecule has 2 rings (SSSR count). The van der Waals surface area contributed by atoms with Crippen molar-refractivity contribution >= 4 is 23.0 Å². The minimum atomic E-state index is -0.649. The van der Waals surface area contributed by atoms with Crippen molar-refractivity contribution in [3.8, 4) is 0 Å². The molecule has 5 heteroatoms. The summed E-state index contributed by atoms with van der Waals surface area (Å²) in [5, 5.41) is 3.93. The Labute approximate surface area is 167 Å². The van der Waals surface area contributed by atoms with E-state index in [0.717, 1.165) is 28.0 Å². The zero-order valence-corrected chi connectivity index (χ0v) is 18.2. The summed E-state index contributed by atoms with van der Waals surface area (Å²) >= 11 is 0. The highest BCUT2D eigenvalue weighted by molar-refractivity contribution is 6.26. The standard InChI is InChI=1S/C23H31NO4/c1-13-9-14(2)19(15(3)10-13)20-18(28-22(26)23(5,6)7)12-17(21(20)25)11-16(4)24-27-8/h9-10,17H,11-12H2,1-8H3. The minimum Gasteiger partial charge on any atom is -0.430 e. The molecule has 1 aliphatic rings. The van der Waals surface area contributed by atoms with E-state index in [9.17, 15) is 9.59 Å². The number of ether oxygens (including phenoxy) is 1. The van der Waals surface area contributed by atoms with Crippen LogP contribution in [0.25, 0.3) is 5.57 Å². The molecule has 1 aromatic rings. The molecule has 1 aromatic carbocycles. The largest absolute Gasteiger partial charge is 0.430 e. The number of ketones is 1.